The number of ether oxygens (including phenoxy) is 2. The summed E-state index contributed by atoms with van der Waals surface area (Å²) in [6.07, 6.45) is 5.59. The zero-order chi connectivity index (χ0) is 15.1. The SMILES string of the molecule is CCNC(COC1CCCCC1C)c1cccc(OC)c1. The summed E-state index contributed by atoms with van der Waals surface area (Å²) in [5, 5.41) is 3.52. The molecular weight excluding hydrogens is 262 g/mol. The Hall–Kier alpha value is -1.06. The predicted octanol–water partition coefficient (Wildman–Crippen LogP) is 3.94. The number of rotatable bonds is 7. The van der Waals surface area contributed by atoms with Crippen molar-refractivity contribution in [3.63, 3.8) is 0 Å². The highest BCUT2D eigenvalue weighted by Gasteiger charge is 2.23. The van der Waals surface area contributed by atoms with Gasteiger partial charge in [0.2, 0.25) is 0 Å². The van der Waals surface area contributed by atoms with Gasteiger partial charge in [0.05, 0.1) is 25.9 Å². The van der Waals surface area contributed by atoms with Crippen molar-refractivity contribution in [2.75, 3.05) is 20.3 Å². The van der Waals surface area contributed by atoms with Crippen molar-refractivity contribution in [1.82, 2.24) is 5.32 Å². The van der Waals surface area contributed by atoms with E-state index >= 15 is 0 Å². The number of methoxy groups -OCH3 is 1. The maximum absolute atomic E-state index is 6.23. The predicted molar refractivity (Wildman–Crippen MR) is 86.8 cm³/mol. The second-order valence-corrected chi connectivity index (χ2v) is 6.02. The van der Waals surface area contributed by atoms with Crippen LogP contribution in [-0.4, -0.2) is 26.4 Å². The van der Waals surface area contributed by atoms with Crippen LogP contribution in [0.25, 0.3) is 0 Å². The van der Waals surface area contributed by atoms with E-state index in [1.54, 1.807) is 7.11 Å². The van der Waals surface area contributed by atoms with E-state index in [1.165, 1.54) is 31.2 Å². The number of hydrogen-bond donors (Lipinski definition) is 1. The molecule has 1 aliphatic carbocycles. The first-order chi connectivity index (χ1) is 10.2. The van der Waals surface area contributed by atoms with Crippen LogP contribution >= 0.6 is 0 Å². The maximum atomic E-state index is 6.23. The van der Waals surface area contributed by atoms with E-state index in [-0.39, 0.29) is 6.04 Å². The summed E-state index contributed by atoms with van der Waals surface area (Å²) >= 11 is 0. The topological polar surface area (TPSA) is 30.5 Å². The number of likely N-dealkylation sites (N-methyl/N-ethyl adjacent to an activating group) is 1. The second-order valence-electron chi connectivity index (χ2n) is 6.02. The third-order valence-corrected chi connectivity index (χ3v) is 4.46. The molecule has 0 heterocycles. The van der Waals surface area contributed by atoms with Gasteiger partial charge in [-0.15, -0.1) is 0 Å². The first-order valence-corrected chi connectivity index (χ1v) is 8.23. The quantitative estimate of drug-likeness (QED) is 0.825. The van der Waals surface area contributed by atoms with Crippen LogP contribution in [-0.2, 0) is 4.74 Å². The molecule has 1 saturated carbocycles. The fourth-order valence-electron chi connectivity index (χ4n) is 3.13. The van der Waals surface area contributed by atoms with E-state index < -0.39 is 0 Å². The molecule has 1 aliphatic rings. The number of hydrogen-bond acceptors (Lipinski definition) is 3. The lowest BCUT2D eigenvalue weighted by molar-refractivity contribution is -0.0151. The van der Waals surface area contributed by atoms with Crippen molar-refractivity contribution in [2.45, 2.75) is 51.7 Å². The molecule has 2 rings (SSSR count). The Morgan fingerprint density at radius 2 is 2.10 bits per heavy atom. The third-order valence-electron chi connectivity index (χ3n) is 4.46. The summed E-state index contributed by atoms with van der Waals surface area (Å²) in [5.74, 6) is 1.59. The summed E-state index contributed by atoms with van der Waals surface area (Å²) < 4.78 is 11.6. The van der Waals surface area contributed by atoms with Gasteiger partial charge in [0.25, 0.3) is 0 Å². The van der Waals surface area contributed by atoms with Crippen molar-refractivity contribution in [3.05, 3.63) is 29.8 Å². The summed E-state index contributed by atoms with van der Waals surface area (Å²) in [6.45, 7) is 6.12. The summed E-state index contributed by atoms with van der Waals surface area (Å²) in [6, 6.07) is 8.50. The third kappa shape index (κ3) is 4.72. The molecule has 0 radical (unpaired) electrons. The number of nitrogens with one attached hydrogen (secondary N) is 1. The van der Waals surface area contributed by atoms with E-state index in [0.29, 0.717) is 12.0 Å². The molecule has 1 N–H and O–H groups in total. The van der Waals surface area contributed by atoms with Crippen LogP contribution in [0, 0.1) is 5.92 Å². The van der Waals surface area contributed by atoms with Crippen LogP contribution in [0.2, 0.25) is 0 Å². The molecule has 0 spiro atoms. The number of benzene rings is 1. The average Bonchev–Trinajstić information content (AvgIpc) is 2.53. The molecule has 3 nitrogen and oxygen atoms in total. The molecule has 0 aliphatic heterocycles. The molecule has 0 aromatic heterocycles. The van der Waals surface area contributed by atoms with Gasteiger partial charge >= 0.3 is 0 Å². The smallest absolute Gasteiger partial charge is 0.119 e. The van der Waals surface area contributed by atoms with Gasteiger partial charge in [-0.25, -0.2) is 0 Å². The molecule has 1 aromatic carbocycles. The van der Waals surface area contributed by atoms with Crippen LogP contribution < -0.4 is 10.1 Å². The molecule has 3 atom stereocenters. The van der Waals surface area contributed by atoms with E-state index in [0.717, 1.165) is 18.9 Å². The first-order valence-electron chi connectivity index (χ1n) is 8.23. The molecular formula is C18H29NO2. The Kier molecular flexibility index (Phi) is 6.52. The van der Waals surface area contributed by atoms with Gasteiger partial charge in [0.15, 0.2) is 0 Å². The summed E-state index contributed by atoms with van der Waals surface area (Å²) in [7, 11) is 1.71. The fraction of sp³-hybridized carbons (Fsp3) is 0.667. The summed E-state index contributed by atoms with van der Waals surface area (Å²) in [5.41, 5.74) is 1.24. The molecule has 0 amide bonds. The van der Waals surface area contributed by atoms with E-state index in [2.05, 4.69) is 31.3 Å². The average molecular weight is 291 g/mol. The minimum absolute atomic E-state index is 0.235. The Morgan fingerprint density at radius 1 is 1.29 bits per heavy atom. The monoisotopic (exact) mass is 291 g/mol. The van der Waals surface area contributed by atoms with E-state index in [4.69, 9.17) is 9.47 Å². The van der Waals surface area contributed by atoms with E-state index in [1.807, 2.05) is 12.1 Å². The van der Waals surface area contributed by atoms with Gasteiger partial charge in [-0.1, -0.05) is 38.8 Å². The molecule has 118 valence electrons. The minimum atomic E-state index is 0.235. The highest BCUT2D eigenvalue weighted by Crippen LogP contribution is 2.28. The maximum Gasteiger partial charge on any atom is 0.119 e. The Morgan fingerprint density at radius 3 is 2.81 bits per heavy atom. The molecule has 1 fully saturated rings. The lowest BCUT2D eigenvalue weighted by Gasteiger charge is -2.30. The van der Waals surface area contributed by atoms with Gasteiger partial charge in [0.1, 0.15) is 5.75 Å². The van der Waals surface area contributed by atoms with Crippen LogP contribution in [0.4, 0.5) is 0 Å². The molecule has 1 aromatic rings. The van der Waals surface area contributed by atoms with Crippen LogP contribution in [0.1, 0.15) is 51.1 Å². The van der Waals surface area contributed by atoms with Gasteiger partial charge in [-0.05, 0) is 43.0 Å². The lowest BCUT2D eigenvalue weighted by Crippen LogP contribution is -2.31. The van der Waals surface area contributed by atoms with E-state index in [9.17, 15) is 0 Å². The standard InChI is InChI=1S/C18H29NO2/c1-4-19-17(15-9-7-10-16(12-15)20-3)13-21-18-11-6-5-8-14(18)2/h7,9-10,12,14,17-19H,4-6,8,11,13H2,1-3H3. The van der Waals surface area contributed by atoms with Gasteiger partial charge in [-0.3, -0.25) is 0 Å². The van der Waals surface area contributed by atoms with Gasteiger partial charge < -0.3 is 14.8 Å². The van der Waals surface area contributed by atoms with Crippen molar-refractivity contribution in [2.24, 2.45) is 5.92 Å². The molecule has 21 heavy (non-hydrogen) atoms. The van der Waals surface area contributed by atoms with Crippen LogP contribution in [0.5, 0.6) is 5.75 Å². The Bertz CT molecular complexity index is 421. The lowest BCUT2D eigenvalue weighted by atomic mass is 9.88. The zero-order valence-corrected chi connectivity index (χ0v) is 13.6. The minimum Gasteiger partial charge on any atom is -0.497 e. The van der Waals surface area contributed by atoms with Crippen molar-refractivity contribution < 1.29 is 9.47 Å². The second kappa shape index (κ2) is 8.40. The first kappa shape index (κ1) is 16.3. The Balaban J connectivity index is 1.97. The molecule has 0 saturated heterocycles. The zero-order valence-electron chi connectivity index (χ0n) is 13.6. The van der Waals surface area contributed by atoms with Gasteiger partial charge in [-0.2, -0.15) is 0 Å². The van der Waals surface area contributed by atoms with Crippen molar-refractivity contribution in [3.8, 4) is 5.75 Å². The molecule has 3 heteroatoms. The van der Waals surface area contributed by atoms with Crippen LogP contribution in [0.15, 0.2) is 24.3 Å². The highest BCUT2D eigenvalue weighted by molar-refractivity contribution is 5.30. The molecule has 3 unspecified atom stereocenters. The largest absolute Gasteiger partial charge is 0.497 e. The van der Waals surface area contributed by atoms with Crippen molar-refractivity contribution >= 4 is 0 Å². The summed E-state index contributed by atoms with van der Waals surface area (Å²) in [4.78, 5) is 0. The Labute approximate surface area is 129 Å². The fourth-order valence-corrected chi connectivity index (χ4v) is 3.13. The van der Waals surface area contributed by atoms with Crippen molar-refractivity contribution in [1.29, 1.82) is 0 Å². The normalized spacial score (nSPS) is 23.8. The van der Waals surface area contributed by atoms with Gasteiger partial charge in [0, 0.05) is 0 Å². The molecule has 0 bridgehead atoms. The van der Waals surface area contributed by atoms with Crippen LogP contribution in [0.3, 0.4) is 0 Å². The highest BCUT2D eigenvalue weighted by atomic mass is 16.5.